The molecule has 3 aromatic rings. The van der Waals surface area contributed by atoms with Crippen LogP contribution in [0.2, 0.25) is 5.02 Å². The lowest BCUT2D eigenvalue weighted by atomic mass is 9.95. The molecule has 0 amide bonds. The summed E-state index contributed by atoms with van der Waals surface area (Å²) >= 11 is 12.4. The fraction of sp³-hybridized carbons (Fsp3) is 0.269. The first-order chi connectivity index (χ1) is 17.4. The molecule has 2 N–H and O–H groups in total. The van der Waals surface area contributed by atoms with Gasteiger partial charge in [0.1, 0.15) is 0 Å². The summed E-state index contributed by atoms with van der Waals surface area (Å²) in [7, 11) is 6.07. The van der Waals surface area contributed by atoms with E-state index in [1.54, 1.807) is 31.6 Å². The number of halogens is 1. The zero-order valence-corrected chi connectivity index (χ0v) is 21.9. The fourth-order valence-corrected chi connectivity index (χ4v) is 5.06. The third kappa shape index (κ3) is 4.76. The van der Waals surface area contributed by atoms with Gasteiger partial charge in [0.25, 0.3) is 0 Å². The lowest BCUT2D eigenvalue weighted by Crippen LogP contribution is -2.32. The second-order valence-corrected chi connectivity index (χ2v) is 8.76. The molecule has 1 heterocycles. The van der Waals surface area contributed by atoms with Crippen LogP contribution in [0.1, 0.15) is 23.6 Å². The van der Waals surface area contributed by atoms with Crippen molar-refractivity contribution < 1.29 is 18.9 Å². The Kier molecular flexibility index (Phi) is 7.81. The molecule has 0 bridgehead atoms. The minimum absolute atomic E-state index is 0.213. The van der Waals surface area contributed by atoms with E-state index in [1.807, 2.05) is 18.2 Å². The highest BCUT2D eigenvalue weighted by Crippen LogP contribution is 2.54. The first kappa shape index (κ1) is 25.5. The normalized spacial score (nSPS) is 14.0. The molecule has 0 fully saturated rings. The molecule has 188 valence electrons. The topological polar surface area (TPSA) is 90.9 Å². The second-order valence-electron chi connectivity index (χ2n) is 7.98. The van der Waals surface area contributed by atoms with E-state index in [1.165, 1.54) is 21.3 Å². The number of methoxy groups -OCH3 is 4. The van der Waals surface area contributed by atoms with Crippen molar-refractivity contribution in [2.24, 2.45) is 0 Å². The van der Waals surface area contributed by atoms with Crippen molar-refractivity contribution in [3.8, 4) is 34.1 Å². The molecular formula is C26H26ClN3O5S. The summed E-state index contributed by atoms with van der Waals surface area (Å²) in [5, 5.41) is 7.32. The highest BCUT2D eigenvalue weighted by molar-refractivity contribution is 7.80. The molecule has 0 spiro atoms. The fourth-order valence-electron chi connectivity index (χ4n) is 4.45. The second kappa shape index (κ2) is 11.0. The number of hydrogen-bond donors (Lipinski definition) is 2. The van der Waals surface area contributed by atoms with Crippen LogP contribution in [-0.2, 0) is 6.42 Å². The van der Waals surface area contributed by atoms with Crippen molar-refractivity contribution in [1.82, 2.24) is 10.3 Å². The molecule has 1 aliphatic carbocycles. The molecule has 0 aliphatic heterocycles. The Hall–Kier alpha value is -3.56. The van der Waals surface area contributed by atoms with Crippen LogP contribution in [0.4, 0.5) is 5.69 Å². The van der Waals surface area contributed by atoms with Gasteiger partial charge in [0.15, 0.2) is 22.4 Å². The number of fused-ring (bicyclic) bond motifs is 3. The Morgan fingerprint density at radius 1 is 1.06 bits per heavy atom. The number of anilines is 1. The highest BCUT2D eigenvalue weighted by atomic mass is 35.5. The van der Waals surface area contributed by atoms with Gasteiger partial charge in [-0.15, -0.1) is 0 Å². The number of benzene rings is 1. The van der Waals surface area contributed by atoms with Crippen LogP contribution in [0.15, 0.2) is 47.5 Å². The van der Waals surface area contributed by atoms with E-state index in [-0.39, 0.29) is 17.2 Å². The van der Waals surface area contributed by atoms with E-state index < -0.39 is 0 Å². The van der Waals surface area contributed by atoms with E-state index in [0.717, 1.165) is 27.9 Å². The quantitative estimate of drug-likeness (QED) is 0.440. The van der Waals surface area contributed by atoms with Crippen molar-refractivity contribution in [1.29, 1.82) is 0 Å². The monoisotopic (exact) mass is 527 g/mol. The summed E-state index contributed by atoms with van der Waals surface area (Å²) in [6, 6.07) is 8.39. The van der Waals surface area contributed by atoms with Crippen LogP contribution >= 0.6 is 23.8 Å². The highest BCUT2D eigenvalue weighted by Gasteiger charge is 2.32. The maximum absolute atomic E-state index is 13.0. The van der Waals surface area contributed by atoms with Crippen LogP contribution in [0.5, 0.6) is 23.0 Å². The number of hydrogen-bond acceptors (Lipinski definition) is 7. The van der Waals surface area contributed by atoms with Crippen molar-refractivity contribution in [2.45, 2.75) is 18.9 Å². The van der Waals surface area contributed by atoms with Gasteiger partial charge in [-0.2, -0.15) is 0 Å². The average molecular weight is 528 g/mol. The predicted molar refractivity (Wildman–Crippen MR) is 144 cm³/mol. The summed E-state index contributed by atoms with van der Waals surface area (Å²) < 4.78 is 22.4. The minimum Gasteiger partial charge on any atom is -0.493 e. The molecule has 1 atom stereocenters. The van der Waals surface area contributed by atoms with Gasteiger partial charge in [-0.05, 0) is 66.0 Å². The summed E-state index contributed by atoms with van der Waals surface area (Å²) in [5.74, 6) is 1.43. The maximum atomic E-state index is 13.0. The third-order valence-electron chi connectivity index (χ3n) is 6.03. The molecule has 0 saturated heterocycles. The summed E-state index contributed by atoms with van der Waals surface area (Å²) in [6.45, 7) is 0. The largest absolute Gasteiger partial charge is 0.493 e. The van der Waals surface area contributed by atoms with Crippen LogP contribution in [-0.4, -0.2) is 38.5 Å². The predicted octanol–water partition coefficient (Wildman–Crippen LogP) is 4.77. The zero-order chi connectivity index (χ0) is 25.8. The van der Waals surface area contributed by atoms with E-state index in [2.05, 4.69) is 15.6 Å². The number of nitrogens with one attached hydrogen (secondary N) is 2. The van der Waals surface area contributed by atoms with Crippen molar-refractivity contribution in [3.05, 3.63) is 69.1 Å². The van der Waals surface area contributed by atoms with Crippen LogP contribution in [0, 0.1) is 0 Å². The number of nitrogens with zero attached hydrogens (tertiary/aromatic N) is 1. The van der Waals surface area contributed by atoms with Crippen molar-refractivity contribution in [2.75, 3.05) is 33.8 Å². The van der Waals surface area contributed by atoms with Gasteiger partial charge in [-0.1, -0.05) is 17.7 Å². The molecule has 0 saturated carbocycles. The van der Waals surface area contributed by atoms with Crippen LogP contribution in [0.25, 0.3) is 11.1 Å². The summed E-state index contributed by atoms with van der Waals surface area (Å²) in [5.41, 5.74) is 3.49. The molecule has 1 aliphatic rings. The Bertz CT molecular complexity index is 1350. The number of aromatic nitrogens is 1. The van der Waals surface area contributed by atoms with Crippen LogP contribution < -0.4 is 35.0 Å². The number of rotatable bonds is 6. The van der Waals surface area contributed by atoms with Crippen molar-refractivity contribution in [3.63, 3.8) is 0 Å². The first-order valence-corrected chi connectivity index (χ1v) is 11.9. The SMILES string of the molecule is COc1c(Cl)c2c(c(OC)c1OC)-c1ccc(OC)c(=O)cc1[C@@H](NC(=S)Nc1cccnc1)CC2. The lowest BCUT2D eigenvalue weighted by molar-refractivity contribution is 0.325. The molecule has 8 nitrogen and oxygen atoms in total. The molecule has 2 aromatic carbocycles. The molecule has 4 rings (SSSR count). The molecule has 0 radical (unpaired) electrons. The van der Waals surface area contributed by atoms with Gasteiger partial charge in [-0.25, -0.2) is 0 Å². The number of pyridine rings is 1. The van der Waals surface area contributed by atoms with Gasteiger partial charge < -0.3 is 29.6 Å². The van der Waals surface area contributed by atoms with Gasteiger partial charge in [-0.3, -0.25) is 9.78 Å². The van der Waals surface area contributed by atoms with Gasteiger partial charge in [0.2, 0.25) is 11.2 Å². The summed E-state index contributed by atoms with van der Waals surface area (Å²) in [6.07, 6.45) is 4.50. The van der Waals surface area contributed by atoms with Gasteiger partial charge in [0, 0.05) is 11.8 Å². The molecule has 1 aromatic heterocycles. The van der Waals surface area contributed by atoms with E-state index in [4.69, 9.17) is 42.8 Å². The average Bonchev–Trinajstić information content (AvgIpc) is 3.13. The Morgan fingerprint density at radius 3 is 2.44 bits per heavy atom. The minimum atomic E-state index is -0.327. The lowest BCUT2D eigenvalue weighted by Gasteiger charge is -2.21. The molecule has 0 unspecified atom stereocenters. The number of thiocarbonyl (C=S) groups is 1. The zero-order valence-electron chi connectivity index (χ0n) is 20.3. The Morgan fingerprint density at radius 2 is 1.81 bits per heavy atom. The van der Waals surface area contributed by atoms with Crippen LogP contribution in [0.3, 0.4) is 0 Å². The third-order valence-corrected chi connectivity index (χ3v) is 6.65. The Labute approximate surface area is 219 Å². The van der Waals surface area contributed by atoms with E-state index in [9.17, 15) is 4.79 Å². The molecule has 36 heavy (non-hydrogen) atoms. The molecular weight excluding hydrogens is 502 g/mol. The van der Waals surface area contributed by atoms with Gasteiger partial charge >= 0.3 is 0 Å². The van der Waals surface area contributed by atoms with Crippen molar-refractivity contribution >= 4 is 34.6 Å². The smallest absolute Gasteiger partial charge is 0.220 e. The van der Waals surface area contributed by atoms with Gasteiger partial charge in [0.05, 0.1) is 51.4 Å². The first-order valence-electron chi connectivity index (χ1n) is 11.1. The molecule has 10 heteroatoms. The van der Waals surface area contributed by atoms with E-state index in [0.29, 0.717) is 40.2 Å². The standard InChI is InChI=1S/C26H26ClN3O5S/c1-32-20-10-8-15-17(12-19(20)31)18(30-26(36)29-14-6-5-11-28-13-14)9-7-16-21(15)23(33-2)25(35-4)24(34-3)22(16)27/h5-6,8,10-13,18H,7,9H2,1-4H3,(H2,29,30,36)/t18-/m0/s1. The maximum Gasteiger partial charge on any atom is 0.220 e. The van der Waals surface area contributed by atoms with E-state index >= 15 is 0 Å². The number of ether oxygens (including phenoxy) is 4. The Balaban J connectivity index is 1.91. The summed E-state index contributed by atoms with van der Waals surface area (Å²) in [4.78, 5) is 17.1.